The number of ether oxygens (including phenoxy) is 2. The van der Waals surface area contributed by atoms with Crippen LogP contribution in [0.25, 0.3) is 0 Å². The van der Waals surface area contributed by atoms with E-state index >= 15 is 0 Å². The molecule has 0 spiro atoms. The van der Waals surface area contributed by atoms with E-state index in [4.69, 9.17) is 9.47 Å². The second-order valence-corrected chi connectivity index (χ2v) is 10.4. The molecular formula is C28H27BrN2O5. The van der Waals surface area contributed by atoms with Gasteiger partial charge in [-0.2, -0.15) is 0 Å². The lowest BCUT2D eigenvalue weighted by Crippen LogP contribution is -2.49. The van der Waals surface area contributed by atoms with Gasteiger partial charge in [0.15, 0.2) is 5.78 Å². The summed E-state index contributed by atoms with van der Waals surface area (Å²) in [5.41, 5.74) is 1.00. The van der Waals surface area contributed by atoms with Crippen molar-refractivity contribution in [2.24, 2.45) is 0 Å². The van der Waals surface area contributed by atoms with E-state index in [1.54, 1.807) is 39.0 Å². The van der Waals surface area contributed by atoms with Gasteiger partial charge in [-0.05, 0) is 68.8 Å². The first kappa shape index (κ1) is 25.4. The van der Waals surface area contributed by atoms with E-state index in [9.17, 15) is 14.4 Å². The number of nitrogens with zero attached hydrogens (tertiary/aromatic N) is 1. The van der Waals surface area contributed by atoms with Crippen molar-refractivity contribution >= 4 is 39.4 Å². The Labute approximate surface area is 218 Å². The highest BCUT2D eigenvalue weighted by Gasteiger charge is 2.36. The Hall–Kier alpha value is -3.65. The van der Waals surface area contributed by atoms with E-state index < -0.39 is 23.6 Å². The minimum atomic E-state index is -1.06. The van der Waals surface area contributed by atoms with Gasteiger partial charge in [-0.25, -0.2) is 4.79 Å². The number of amides is 2. The van der Waals surface area contributed by atoms with Crippen molar-refractivity contribution in [2.45, 2.75) is 45.4 Å². The van der Waals surface area contributed by atoms with Gasteiger partial charge in [-0.1, -0.05) is 46.3 Å². The zero-order chi connectivity index (χ0) is 25.9. The molecule has 7 nitrogen and oxygen atoms in total. The van der Waals surface area contributed by atoms with E-state index in [1.165, 1.54) is 4.90 Å². The summed E-state index contributed by atoms with van der Waals surface area (Å²) in [5, 5.41) is 2.59. The maximum Gasteiger partial charge on any atom is 0.408 e. The van der Waals surface area contributed by atoms with Gasteiger partial charge in [0.1, 0.15) is 23.1 Å². The molecule has 8 heteroatoms. The first-order valence-electron chi connectivity index (χ1n) is 11.5. The van der Waals surface area contributed by atoms with E-state index in [-0.39, 0.29) is 18.7 Å². The van der Waals surface area contributed by atoms with Gasteiger partial charge >= 0.3 is 6.09 Å². The molecular weight excluding hydrogens is 524 g/mol. The van der Waals surface area contributed by atoms with Crippen LogP contribution >= 0.6 is 15.9 Å². The largest absolute Gasteiger partial charge is 0.457 e. The molecule has 1 heterocycles. The second-order valence-electron chi connectivity index (χ2n) is 9.47. The molecule has 0 bridgehead atoms. The van der Waals surface area contributed by atoms with Crippen molar-refractivity contribution in [1.29, 1.82) is 0 Å². The molecule has 0 saturated carbocycles. The van der Waals surface area contributed by atoms with E-state index in [0.717, 1.165) is 15.8 Å². The topological polar surface area (TPSA) is 84.9 Å². The molecule has 186 valence electrons. The van der Waals surface area contributed by atoms with Gasteiger partial charge in [-0.15, -0.1) is 0 Å². The van der Waals surface area contributed by atoms with Gasteiger partial charge in [0, 0.05) is 16.5 Å². The molecule has 3 aromatic rings. The monoisotopic (exact) mass is 550 g/mol. The third-order valence-corrected chi connectivity index (χ3v) is 5.93. The molecule has 1 N–H and O–H groups in total. The van der Waals surface area contributed by atoms with E-state index in [2.05, 4.69) is 21.2 Å². The average Bonchev–Trinajstić information content (AvgIpc) is 2.90. The summed E-state index contributed by atoms with van der Waals surface area (Å²) < 4.78 is 11.9. The van der Waals surface area contributed by atoms with Crippen LogP contribution in [0, 0.1) is 0 Å². The number of ketones is 1. The Kier molecular flexibility index (Phi) is 7.45. The third kappa shape index (κ3) is 6.31. The van der Waals surface area contributed by atoms with Crippen LogP contribution in [0.2, 0.25) is 0 Å². The molecule has 1 aliphatic heterocycles. The summed E-state index contributed by atoms with van der Waals surface area (Å²) in [5.74, 6) is 0.757. The third-order valence-electron chi connectivity index (χ3n) is 5.44. The maximum atomic E-state index is 13.6. The zero-order valence-electron chi connectivity index (χ0n) is 20.3. The summed E-state index contributed by atoms with van der Waals surface area (Å²) in [6.07, 6.45) is -0.907. The van der Waals surface area contributed by atoms with E-state index in [0.29, 0.717) is 17.0 Å². The minimum Gasteiger partial charge on any atom is -0.457 e. The lowest BCUT2D eigenvalue weighted by Gasteiger charge is -2.27. The van der Waals surface area contributed by atoms with Gasteiger partial charge in [0.25, 0.3) is 0 Å². The zero-order valence-corrected chi connectivity index (χ0v) is 21.9. The summed E-state index contributed by atoms with van der Waals surface area (Å²) in [6.45, 7) is 5.40. The number of nitrogens with one attached hydrogen (secondary N) is 1. The van der Waals surface area contributed by atoms with Crippen LogP contribution in [-0.4, -0.2) is 29.4 Å². The standard InChI is InChI=1S/C28H27BrN2O5/c1-28(2,3)36-27(34)30-23-16-25(32)22-14-11-19(29)15-24(22)31(26(23)33)17-18-9-12-21(13-10-18)35-20-7-5-4-6-8-20/h4-15,23H,16-17H2,1-3H3,(H,30,34). The van der Waals surface area contributed by atoms with Crippen molar-refractivity contribution in [3.05, 3.63) is 88.4 Å². The predicted octanol–water partition coefficient (Wildman–Crippen LogP) is 6.25. The van der Waals surface area contributed by atoms with Crippen LogP contribution in [0.15, 0.2) is 77.3 Å². The highest BCUT2D eigenvalue weighted by atomic mass is 79.9. The number of alkyl carbamates (subject to hydrolysis) is 1. The van der Waals surface area contributed by atoms with E-state index in [1.807, 2.05) is 54.6 Å². The Morgan fingerprint density at radius 1 is 1.00 bits per heavy atom. The molecule has 2 amide bonds. The smallest absolute Gasteiger partial charge is 0.408 e. The first-order valence-corrected chi connectivity index (χ1v) is 12.3. The Balaban J connectivity index is 1.60. The van der Waals surface area contributed by atoms with Gasteiger partial charge in [0.05, 0.1) is 12.2 Å². The Morgan fingerprint density at radius 2 is 1.67 bits per heavy atom. The number of halogens is 1. The molecule has 1 aliphatic rings. The fourth-order valence-corrected chi connectivity index (χ4v) is 4.20. The molecule has 4 rings (SSSR count). The maximum absolute atomic E-state index is 13.6. The second kappa shape index (κ2) is 10.5. The number of hydrogen-bond acceptors (Lipinski definition) is 5. The molecule has 3 aromatic carbocycles. The van der Waals surface area contributed by atoms with Crippen LogP contribution in [0.1, 0.15) is 43.1 Å². The highest BCUT2D eigenvalue weighted by Crippen LogP contribution is 2.32. The number of hydrogen-bond donors (Lipinski definition) is 1. The highest BCUT2D eigenvalue weighted by molar-refractivity contribution is 9.10. The molecule has 1 atom stereocenters. The lowest BCUT2D eigenvalue weighted by molar-refractivity contribution is -0.120. The van der Waals surface area contributed by atoms with Crippen LogP contribution in [0.4, 0.5) is 10.5 Å². The van der Waals surface area contributed by atoms with Gasteiger partial charge in [0.2, 0.25) is 5.91 Å². The van der Waals surface area contributed by atoms with Crippen LogP contribution in [0.3, 0.4) is 0 Å². The summed E-state index contributed by atoms with van der Waals surface area (Å²) in [6, 6.07) is 21.0. The number of fused-ring (bicyclic) bond motifs is 1. The van der Waals surface area contributed by atoms with Gasteiger partial charge in [-0.3, -0.25) is 9.59 Å². The van der Waals surface area contributed by atoms with Gasteiger partial charge < -0.3 is 19.7 Å². The normalized spacial score (nSPS) is 15.7. The molecule has 0 saturated heterocycles. The molecule has 36 heavy (non-hydrogen) atoms. The quantitative estimate of drug-likeness (QED) is 0.405. The molecule has 0 aromatic heterocycles. The molecule has 1 unspecified atom stereocenters. The number of Topliss-reactive ketones (excluding diaryl/α,β-unsaturated/α-hetero) is 1. The number of carbonyl (C=O) groups is 3. The average molecular weight is 551 g/mol. The van der Waals surface area contributed by atoms with Crippen molar-refractivity contribution in [1.82, 2.24) is 5.32 Å². The predicted molar refractivity (Wildman–Crippen MR) is 140 cm³/mol. The van der Waals surface area contributed by atoms with Crippen molar-refractivity contribution in [3.63, 3.8) is 0 Å². The van der Waals surface area contributed by atoms with Crippen molar-refractivity contribution in [3.8, 4) is 11.5 Å². The van der Waals surface area contributed by atoms with Crippen molar-refractivity contribution < 1.29 is 23.9 Å². The SMILES string of the molecule is CC(C)(C)OC(=O)NC1CC(=O)c2ccc(Br)cc2N(Cc2ccc(Oc3ccccc3)cc2)C1=O. The lowest BCUT2D eigenvalue weighted by atomic mass is 10.0. The Morgan fingerprint density at radius 3 is 2.33 bits per heavy atom. The fourth-order valence-electron chi connectivity index (χ4n) is 3.85. The van der Waals surface area contributed by atoms with Crippen LogP contribution < -0.4 is 15.0 Å². The number of para-hydroxylation sites is 1. The number of rotatable bonds is 5. The number of carbonyl (C=O) groups excluding carboxylic acids is 3. The van der Waals surface area contributed by atoms with Crippen LogP contribution in [-0.2, 0) is 16.1 Å². The molecule has 0 aliphatic carbocycles. The fraction of sp³-hybridized carbons (Fsp3) is 0.250. The summed E-state index contributed by atoms with van der Waals surface area (Å²) in [7, 11) is 0. The Bertz CT molecular complexity index is 1270. The summed E-state index contributed by atoms with van der Waals surface area (Å²) >= 11 is 3.44. The number of anilines is 1. The first-order chi connectivity index (χ1) is 17.1. The summed E-state index contributed by atoms with van der Waals surface area (Å²) in [4.78, 5) is 40.7. The van der Waals surface area contributed by atoms with Crippen molar-refractivity contribution in [2.75, 3.05) is 4.90 Å². The molecule has 0 radical (unpaired) electrons. The molecule has 0 fully saturated rings. The number of benzene rings is 3. The minimum absolute atomic E-state index is 0.160. The van der Waals surface area contributed by atoms with Crippen LogP contribution in [0.5, 0.6) is 11.5 Å².